The summed E-state index contributed by atoms with van der Waals surface area (Å²) in [7, 11) is 0. The first-order valence-corrected chi connectivity index (χ1v) is 12.0. The fourth-order valence-corrected chi connectivity index (χ4v) is 5.88. The maximum Gasteiger partial charge on any atom is 0.162 e. The molecule has 3 aromatic rings. The van der Waals surface area contributed by atoms with Crippen LogP contribution in [0.2, 0.25) is 0 Å². The molecule has 0 fully saturated rings. The second-order valence-electron chi connectivity index (χ2n) is 9.35. The molecule has 3 aliphatic rings. The molecule has 3 heteroatoms. The van der Waals surface area contributed by atoms with E-state index >= 15 is 0 Å². The predicted octanol–water partition coefficient (Wildman–Crippen LogP) is 6.58. The molecule has 3 aromatic carbocycles. The number of carbonyl (C=O) groups excluding carboxylic acids is 1. The predicted molar refractivity (Wildman–Crippen MR) is 130 cm³/mol. The number of ether oxygens (including phenoxy) is 2. The van der Waals surface area contributed by atoms with Gasteiger partial charge in [-0.25, -0.2) is 0 Å². The molecule has 6 rings (SSSR count). The SMILES string of the molecule is CCC(=O)c1ccc(C2Cc3ccccc3C3CC(c4ccc5c(c4)OCCO5)=CC23)cc1. The molecule has 0 radical (unpaired) electrons. The van der Waals surface area contributed by atoms with Crippen LogP contribution in [-0.4, -0.2) is 19.0 Å². The van der Waals surface area contributed by atoms with Crippen molar-refractivity contribution in [3.63, 3.8) is 0 Å². The summed E-state index contributed by atoms with van der Waals surface area (Å²) in [4.78, 5) is 12.1. The molecule has 3 atom stereocenters. The van der Waals surface area contributed by atoms with Gasteiger partial charge in [-0.05, 0) is 70.6 Å². The van der Waals surface area contributed by atoms with Crippen molar-refractivity contribution in [1.29, 1.82) is 0 Å². The van der Waals surface area contributed by atoms with Gasteiger partial charge in [-0.3, -0.25) is 4.79 Å². The van der Waals surface area contributed by atoms with Crippen LogP contribution in [0.25, 0.3) is 5.57 Å². The van der Waals surface area contributed by atoms with Crippen molar-refractivity contribution in [2.24, 2.45) is 5.92 Å². The Morgan fingerprint density at radius 2 is 1.67 bits per heavy atom. The molecule has 0 saturated heterocycles. The van der Waals surface area contributed by atoms with E-state index in [2.05, 4.69) is 54.6 Å². The highest BCUT2D eigenvalue weighted by Crippen LogP contribution is 2.54. The van der Waals surface area contributed by atoms with E-state index in [0.717, 1.165) is 29.9 Å². The Morgan fingerprint density at radius 3 is 2.48 bits per heavy atom. The zero-order chi connectivity index (χ0) is 22.4. The average molecular weight is 437 g/mol. The molecule has 2 aliphatic carbocycles. The number of allylic oxidation sites excluding steroid dienone is 2. The maximum atomic E-state index is 12.1. The van der Waals surface area contributed by atoms with Gasteiger partial charge in [0.25, 0.3) is 0 Å². The van der Waals surface area contributed by atoms with Gasteiger partial charge >= 0.3 is 0 Å². The minimum atomic E-state index is 0.204. The van der Waals surface area contributed by atoms with Gasteiger partial charge in [-0.2, -0.15) is 0 Å². The van der Waals surface area contributed by atoms with Crippen molar-refractivity contribution >= 4 is 11.4 Å². The lowest BCUT2D eigenvalue weighted by atomic mass is 9.68. The van der Waals surface area contributed by atoms with Crippen LogP contribution < -0.4 is 9.47 Å². The van der Waals surface area contributed by atoms with Crippen LogP contribution in [-0.2, 0) is 6.42 Å². The lowest BCUT2D eigenvalue weighted by molar-refractivity contribution is 0.0988. The highest BCUT2D eigenvalue weighted by Gasteiger charge is 2.40. The fourth-order valence-electron chi connectivity index (χ4n) is 5.88. The van der Waals surface area contributed by atoms with E-state index < -0.39 is 0 Å². The lowest BCUT2D eigenvalue weighted by Crippen LogP contribution is -2.24. The Bertz CT molecular complexity index is 1240. The summed E-state index contributed by atoms with van der Waals surface area (Å²) in [6.07, 6.45) is 5.11. The second-order valence-corrected chi connectivity index (χ2v) is 9.35. The van der Waals surface area contributed by atoms with Gasteiger partial charge in [0, 0.05) is 12.0 Å². The van der Waals surface area contributed by atoms with Crippen LogP contribution in [0.3, 0.4) is 0 Å². The Labute approximate surface area is 195 Å². The van der Waals surface area contributed by atoms with E-state index in [0.29, 0.717) is 37.4 Å². The number of hydrogen-bond donors (Lipinski definition) is 0. The Balaban J connectivity index is 1.38. The first-order valence-electron chi connectivity index (χ1n) is 12.0. The van der Waals surface area contributed by atoms with Crippen molar-refractivity contribution < 1.29 is 14.3 Å². The standard InChI is InChI=1S/C30H28O3/c1-2-28(31)20-9-7-19(8-10-20)25-15-22-5-3-4-6-24(22)26-16-23(17-27(25)26)21-11-12-29-30(18-21)33-14-13-32-29/h3-12,17-18,25-27H,2,13-16H2,1H3. The van der Waals surface area contributed by atoms with Crippen molar-refractivity contribution in [2.75, 3.05) is 13.2 Å². The number of carbonyl (C=O) groups is 1. The number of Topliss-reactive ketones (excluding diaryl/α,β-unsaturated/α-hetero) is 1. The molecule has 0 aromatic heterocycles. The van der Waals surface area contributed by atoms with Crippen molar-refractivity contribution in [2.45, 2.75) is 38.0 Å². The van der Waals surface area contributed by atoms with Crippen molar-refractivity contribution in [3.05, 3.63) is 101 Å². The van der Waals surface area contributed by atoms with Crippen molar-refractivity contribution in [1.82, 2.24) is 0 Å². The normalized spacial score (nSPS) is 22.8. The number of hydrogen-bond acceptors (Lipinski definition) is 3. The molecule has 3 nitrogen and oxygen atoms in total. The molecule has 33 heavy (non-hydrogen) atoms. The molecule has 0 saturated carbocycles. The van der Waals surface area contributed by atoms with E-state index in [-0.39, 0.29) is 5.78 Å². The zero-order valence-corrected chi connectivity index (χ0v) is 18.9. The number of ketones is 1. The van der Waals surface area contributed by atoms with Gasteiger partial charge in [0.2, 0.25) is 0 Å². The summed E-state index contributed by atoms with van der Waals surface area (Å²) in [5, 5.41) is 0. The van der Waals surface area contributed by atoms with Gasteiger partial charge in [-0.15, -0.1) is 0 Å². The van der Waals surface area contributed by atoms with E-state index in [4.69, 9.17) is 9.47 Å². The van der Waals surface area contributed by atoms with E-state index in [1.54, 1.807) is 0 Å². The quantitative estimate of drug-likeness (QED) is 0.434. The summed E-state index contributed by atoms with van der Waals surface area (Å²) in [5.74, 6) is 3.21. The Morgan fingerprint density at radius 1 is 0.879 bits per heavy atom. The van der Waals surface area contributed by atoms with Gasteiger partial charge in [0.05, 0.1) is 0 Å². The van der Waals surface area contributed by atoms with Crippen LogP contribution in [0.5, 0.6) is 11.5 Å². The third kappa shape index (κ3) is 3.56. The molecule has 1 aliphatic heterocycles. The van der Waals surface area contributed by atoms with Gasteiger partial charge in [-0.1, -0.05) is 67.6 Å². The largest absolute Gasteiger partial charge is 0.486 e. The first kappa shape index (κ1) is 20.3. The third-order valence-corrected chi connectivity index (χ3v) is 7.55. The van der Waals surface area contributed by atoms with E-state index in [1.165, 1.54) is 27.8 Å². The van der Waals surface area contributed by atoms with Crippen LogP contribution in [0, 0.1) is 5.92 Å². The Hall–Kier alpha value is -3.33. The average Bonchev–Trinajstić information content (AvgIpc) is 3.33. The molecule has 166 valence electrons. The summed E-state index contributed by atoms with van der Waals surface area (Å²) in [6, 6.07) is 23.7. The van der Waals surface area contributed by atoms with E-state index in [1.807, 2.05) is 25.1 Å². The van der Waals surface area contributed by atoms with Crippen molar-refractivity contribution in [3.8, 4) is 11.5 Å². The summed E-state index contributed by atoms with van der Waals surface area (Å²) in [6.45, 7) is 3.13. The zero-order valence-electron chi connectivity index (χ0n) is 18.9. The molecule has 0 bridgehead atoms. The third-order valence-electron chi connectivity index (χ3n) is 7.55. The summed E-state index contributed by atoms with van der Waals surface area (Å²) < 4.78 is 11.6. The Kier molecular flexibility index (Phi) is 5.05. The molecule has 0 amide bonds. The molecule has 0 N–H and O–H groups in total. The number of benzene rings is 3. The molecular weight excluding hydrogens is 408 g/mol. The van der Waals surface area contributed by atoms with Crippen LogP contribution in [0.1, 0.15) is 64.2 Å². The van der Waals surface area contributed by atoms with E-state index in [9.17, 15) is 4.79 Å². The van der Waals surface area contributed by atoms with Crippen LogP contribution in [0.15, 0.2) is 72.8 Å². The molecule has 3 unspecified atom stereocenters. The monoisotopic (exact) mass is 436 g/mol. The highest BCUT2D eigenvalue weighted by atomic mass is 16.6. The topological polar surface area (TPSA) is 35.5 Å². The number of rotatable bonds is 4. The smallest absolute Gasteiger partial charge is 0.162 e. The highest BCUT2D eigenvalue weighted by molar-refractivity contribution is 5.95. The van der Waals surface area contributed by atoms with Crippen LogP contribution in [0.4, 0.5) is 0 Å². The summed E-state index contributed by atoms with van der Waals surface area (Å²) in [5.41, 5.74) is 7.70. The molecule has 0 spiro atoms. The second kappa shape index (κ2) is 8.22. The van der Waals surface area contributed by atoms with Gasteiger partial charge < -0.3 is 9.47 Å². The maximum absolute atomic E-state index is 12.1. The summed E-state index contributed by atoms with van der Waals surface area (Å²) >= 11 is 0. The minimum absolute atomic E-state index is 0.204. The first-order chi connectivity index (χ1) is 16.2. The van der Waals surface area contributed by atoms with Gasteiger partial charge in [0.1, 0.15) is 13.2 Å². The minimum Gasteiger partial charge on any atom is -0.486 e. The lowest BCUT2D eigenvalue weighted by Gasteiger charge is -2.36. The fraction of sp³-hybridized carbons (Fsp3) is 0.300. The number of fused-ring (bicyclic) bond motifs is 4. The molecule has 1 heterocycles. The van der Waals surface area contributed by atoms with Crippen LogP contribution >= 0.6 is 0 Å². The molecular formula is C30H28O3. The van der Waals surface area contributed by atoms with Gasteiger partial charge in [0.15, 0.2) is 17.3 Å².